The Morgan fingerprint density at radius 3 is 2.04 bits per heavy atom. The number of rotatable bonds is 8. The molecule has 0 bridgehead atoms. The lowest BCUT2D eigenvalue weighted by Gasteiger charge is -2.26. The van der Waals surface area contributed by atoms with Crippen molar-refractivity contribution in [3.05, 3.63) is 80.4 Å². The average molecular weight is 398 g/mol. The van der Waals surface area contributed by atoms with Crippen molar-refractivity contribution in [2.24, 2.45) is 0 Å². The van der Waals surface area contributed by atoms with Gasteiger partial charge in [0.2, 0.25) is 0 Å². The summed E-state index contributed by atoms with van der Waals surface area (Å²) in [6.07, 6.45) is -0.582. The zero-order chi connectivity index (χ0) is 20.2. The third kappa shape index (κ3) is 3.64. The van der Waals surface area contributed by atoms with Crippen LogP contribution in [0.25, 0.3) is 0 Å². The first-order valence-corrected chi connectivity index (χ1v) is 9.13. The van der Waals surface area contributed by atoms with Gasteiger partial charge in [-0.05, 0) is 24.1 Å². The number of sulfone groups is 1. The van der Waals surface area contributed by atoms with Gasteiger partial charge >= 0.3 is 5.12 Å². The maximum Gasteiger partial charge on any atom is 0.469 e. The van der Waals surface area contributed by atoms with E-state index in [0.717, 1.165) is 36.4 Å². The second-order valence-electron chi connectivity index (χ2n) is 5.60. The van der Waals surface area contributed by atoms with Gasteiger partial charge in [0, 0.05) is 18.7 Å². The number of non-ortho nitro benzene ring substituents is 1. The fraction of sp³-hybridized carbons (Fsp3) is 0.250. The Labute approximate surface area is 153 Å². The minimum Gasteiger partial charge on any atom is -0.396 e. The molecule has 1 N–H and O–H groups in total. The van der Waals surface area contributed by atoms with E-state index >= 15 is 4.39 Å². The fourth-order valence-corrected chi connectivity index (χ4v) is 4.36. The van der Waals surface area contributed by atoms with Gasteiger partial charge in [-0.15, -0.1) is 4.39 Å². The number of halogens is 1. The highest BCUT2D eigenvalue weighted by molar-refractivity contribution is 7.92. The number of alkyl halides is 1. The Morgan fingerprint density at radius 2 is 1.59 bits per heavy atom. The van der Waals surface area contributed by atoms with Crippen LogP contribution in [0, 0.1) is 20.2 Å². The van der Waals surface area contributed by atoms with Crippen LogP contribution in [0.3, 0.4) is 0 Å². The lowest BCUT2D eigenvalue weighted by atomic mass is 9.94. The van der Waals surface area contributed by atoms with Gasteiger partial charge in [0.25, 0.3) is 15.5 Å². The van der Waals surface area contributed by atoms with Crippen molar-refractivity contribution in [1.29, 1.82) is 0 Å². The highest BCUT2D eigenvalue weighted by Gasteiger charge is 2.63. The van der Waals surface area contributed by atoms with Crippen molar-refractivity contribution in [1.82, 2.24) is 0 Å². The van der Waals surface area contributed by atoms with Crippen molar-refractivity contribution < 1.29 is 27.8 Å². The molecule has 9 nitrogen and oxygen atoms in total. The van der Waals surface area contributed by atoms with Gasteiger partial charge in [-0.25, -0.2) is 8.42 Å². The minimum absolute atomic E-state index is 0.159. The molecular formula is C16H15FN2O7S. The van der Waals surface area contributed by atoms with Crippen molar-refractivity contribution in [3.63, 3.8) is 0 Å². The molecule has 0 saturated heterocycles. The van der Waals surface area contributed by atoms with E-state index in [-0.39, 0.29) is 11.3 Å². The van der Waals surface area contributed by atoms with Gasteiger partial charge in [-0.1, -0.05) is 30.3 Å². The number of aliphatic hydroxyl groups is 1. The molecule has 0 aliphatic heterocycles. The topological polar surface area (TPSA) is 141 Å². The van der Waals surface area contributed by atoms with E-state index in [0.29, 0.717) is 0 Å². The van der Waals surface area contributed by atoms with E-state index in [2.05, 4.69) is 0 Å². The van der Waals surface area contributed by atoms with Gasteiger partial charge in [-0.2, -0.15) is 0 Å². The Morgan fingerprint density at radius 1 is 1.04 bits per heavy atom. The SMILES string of the molecule is O=[N+]([O-])c1ccc([C@H](CCO)[C@@](F)([N+](=O)[O-])S(=O)(=O)c2ccccc2)cc1. The van der Waals surface area contributed by atoms with E-state index in [1.165, 1.54) is 18.2 Å². The second kappa shape index (κ2) is 7.76. The van der Waals surface area contributed by atoms with Crippen molar-refractivity contribution >= 4 is 15.5 Å². The molecule has 0 aromatic heterocycles. The first-order chi connectivity index (χ1) is 12.7. The van der Waals surface area contributed by atoms with Crippen molar-refractivity contribution in [3.8, 4) is 0 Å². The maximum absolute atomic E-state index is 15.6. The Kier molecular flexibility index (Phi) is 5.86. The molecule has 11 heteroatoms. The summed E-state index contributed by atoms with van der Waals surface area (Å²) in [5.74, 6) is -1.89. The van der Waals surface area contributed by atoms with Crippen LogP contribution in [0.1, 0.15) is 17.9 Å². The van der Waals surface area contributed by atoms with Gasteiger partial charge in [0.1, 0.15) is 5.92 Å². The Hall–Kier alpha value is -2.92. The maximum atomic E-state index is 15.6. The predicted molar refractivity (Wildman–Crippen MR) is 92.0 cm³/mol. The molecular weight excluding hydrogens is 383 g/mol. The fourth-order valence-electron chi connectivity index (χ4n) is 2.69. The number of benzene rings is 2. The van der Waals surface area contributed by atoms with Crippen LogP contribution >= 0.6 is 0 Å². The molecule has 0 aliphatic carbocycles. The van der Waals surface area contributed by atoms with Crippen LogP contribution in [-0.2, 0) is 9.84 Å². The smallest absolute Gasteiger partial charge is 0.396 e. The number of aliphatic hydroxyl groups excluding tert-OH is 1. The monoisotopic (exact) mass is 398 g/mol. The summed E-state index contributed by atoms with van der Waals surface area (Å²) >= 11 is 0. The molecule has 2 rings (SSSR count). The average Bonchev–Trinajstić information content (AvgIpc) is 2.66. The first kappa shape index (κ1) is 20.4. The van der Waals surface area contributed by atoms with Crippen LogP contribution < -0.4 is 0 Å². The van der Waals surface area contributed by atoms with E-state index < -0.39 is 48.6 Å². The minimum atomic E-state index is -5.11. The zero-order valence-corrected chi connectivity index (χ0v) is 14.6. The summed E-state index contributed by atoms with van der Waals surface area (Å²) in [5, 5.41) is 27.6. The first-order valence-electron chi connectivity index (χ1n) is 7.64. The Balaban J connectivity index is 2.65. The van der Waals surface area contributed by atoms with Crippen LogP contribution in [0.4, 0.5) is 10.1 Å². The molecule has 0 fully saturated rings. The van der Waals surface area contributed by atoms with E-state index in [9.17, 15) is 33.8 Å². The molecule has 0 heterocycles. The summed E-state index contributed by atoms with van der Waals surface area (Å²) in [5.41, 5.74) is -0.508. The zero-order valence-electron chi connectivity index (χ0n) is 13.8. The highest BCUT2D eigenvalue weighted by Crippen LogP contribution is 2.42. The van der Waals surface area contributed by atoms with E-state index in [1.54, 1.807) is 0 Å². The number of hydrogen-bond acceptors (Lipinski definition) is 7. The normalized spacial score (nSPS) is 14.9. The van der Waals surface area contributed by atoms with Gasteiger partial charge < -0.3 is 5.11 Å². The largest absolute Gasteiger partial charge is 0.469 e. The van der Waals surface area contributed by atoms with Crippen molar-refractivity contribution in [2.45, 2.75) is 22.4 Å². The molecule has 0 spiro atoms. The van der Waals surface area contributed by atoms with Gasteiger partial charge in [-0.3, -0.25) is 20.2 Å². The summed E-state index contributed by atoms with van der Waals surface area (Å²) in [4.78, 5) is 19.5. The van der Waals surface area contributed by atoms with Crippen LogP contribution in [0.2, 0.25) is 0 Å². The summed E-state index contributed by atoms with van der Waals surface area (Å²) in [7, 11) is -5.11. The number of nitro benzene ring substituents is 1. The predicted octanol–water partition coefficient (Wildman–Crippen LogP) is 2.43. The lowest BCUT2D eigenvalue weighted by Crippen LogP contribution is -2.47. The standard InChI is InChI=1S/C16H15FN2O7S/c17-16(19(23)24,27(25,26)14-4-2-1-3-5-14)15(10-11-20)12-6-8-13(9-7-12)18(21)22/h1-9,15,20H,10-11H2/t15-,16+/m0/s1. The molecule has 2 atom stereocenters. The summed E-state index contributed by atoms with van der Waals surface area (Å²) < 4.78 is 41.1. The summed E-state index contributed by atoms with van der Waals surface area (Å²) in [6, 6.07) is 10.1. The van der Waals surface area contributed by atoms with Crippen molar-refractivity contribution in [2.75, 3.05) is 6.61 Å². The van der Waals surface area contributed by atoms with Crippen LogP contribution in [0.15, 0.2) is 59.5 Å². The van der Waals surface area contributed by atoms with Crippen LogP contribution in [0.5, 0.6) is 0 Å². The Bertz CT molecular complexity index is 935. The number of nitro groups is 2. The lowest BCUT2D eigenvalue weighted by molar-refractivity contribution is -0.579. The molecule has 2 aromatic carbocycles. The van der Waals surface area contributed by atoms with Gasteiger partial charge in [0.15, 0.2) is 0 Å². The molecule has 0 amide bonds. The van der Waals surface area contributed by atoms with Gasteiger partial charge in [0.05, 0.1) is 14.7 Å². The molecule has 144 valence electrons. The molecule has 0 unspecified atom stereocenters. The number of nitrogens with zero attached hydrogens (tertiary/aromatic N) is 2. The molecule has 0 radical (unpaired) electrons. The summed E-state index contributed by atoms with van der Waals surface area (Å²) in [6.45, 7) is -0.731. The second-order valence-corrected chi connectivity index (χ2v) is 7.65. The molecule has 0 saturated carbocycles. The number of hydrogen-bond donors (Lipinski definition) is 1. The quantitative estimate of drug-likeness (QED) is 0.409. The highest BCUT2D eigenvalue weighted by atomic mass is 32.2. The third-order valence-corrected chi connectivity index (χ3v) is 6.11. The molecule has 2 aromatic rings. The molecule has 27 heavy (non-hydrogen) atoms. The molecule has 0 aliphatic rings. The van der Waals surface area contributed by atoms with Crippen LogP contribution in [-0.4, -0.2) is 35.1 Å². The van der Waals surface area contributed by atoms with E-state index in [4.69, 9.17) is 0 Å². The third-order valence-electron chi connectivity index (χ3n) is 4.03. The van der Waals surface area contributed by atoms with E-state index in [1.807, 2.05) is 0 Å².